The number of carbonyl (C=O) groups is 1. The molecule has 2 aromatic carbocycles. The third-order valence-corrected chi connectivity index (χ3v) is 3.92. The number of hydrogen-bond donors (Lipinski definition) is 2. The van der Waals surface area contributed by atoms with Crippen LogP contribution in [0.4, 0.5) is 5.69 Å². The molecule has 0 saturated heterocycles. The highest BCUT2D eigenvalue weighted by Gasteiger charge is 2.28. The quantitative estimate of drug-likeness (QED) is 0.829. The third-order valence-electron chi connectivity index (χ3n) is 3.92. The fourth-order valence-electron chi connectivity index (χ4n) is 2.46. The molecule has 126 valence electrons. The maximum Gasteiger partial charge on any atom is 0.269 e. The van der Waals surface area contributed by atoms with Crippen LogP contribution in [0.2, 0.25) is 0 Å². The highest BCUT2D eigenvalue weighted by atomic mass is 16.6. The molecule has 0 aromatic heterocycles. The van der Waals surface area contributed by atoms with E-state index in [1.807, 2.05) is 18.2 Å². The molecule has 24 heavy (non-hydrogen) atoms. The Morgan fingerprint density at radius 2 is 1.88 bits per heavy atom. The molecule has 1 aliphatic heterocycles. The fraction of sp³-hybridized carbons (Fsp3) is 0.316. The number of phenols is 1. The second kappa shape index (κ2) is 6.07. The number of nitrogens with one attached hydrogen (secondary N) is 1. The molecule has 1 atom stereocenters. The Morgan fingerprint density at radius 1 is 1.17 bits per heavy atom. The summed E-state index contributed by atoms with van der Waals surface area (Å²) < 4.78 is 11.2. The van der Waals surface area contributed by atoms with Crippen molar-refractivity contribution >= 4 is 11.6 Å². The van der Waals surface area contributed by atoms with Crippen LogP contribution >= 0.6 is 0 Å². The van der Waals surface area contributed by atoms with Crippen molar-refractivity contribution in [1.29, 1.82) is 0 Å². The Balaban J connectivity index is 1.76. The number of amides is 1. The van der Waals surface area contributed by atoms with Crippen LogP contribution in [0.25, 0.3) is 0 Å². The summed E-state index contributed by atoms with van der Waals surface area (Å²) in [4.78, 5) is 12.5. The van der Waals surface area contributed by atoms with Crippen LogP contribution in [0.1, 0.15) is 26.3 Å². The fourth-order valence-corrected chi connectivity index (χ4v) is 2.46. The van der Waals surface area contributed by atoms with Crippen LogP contribution in [0.5, 0.6) is 17.2 Å². The minimum Gasteiger partial charge on any atom is -0.506 e. The van der Waals surface area contributed by atoms with Crippen LogP contribution < -0.4 is 14.8 Å². The predicted molar refractivity (Wildman–Crippen MR) is 91.8 cm³/mol. The lowest BCUT2D eigenvalue weighted by atomic mass is 9.87. The van der Waals surface area contributed by atoms with Crippen LogP contribution in [-0.2, 0) is 10.2 Å². The zero-order valence-electron chi connectivity index (χ0n) is 14.0. The first-order valence-electron chi connectivity index (χ1n) is 7.87. The molecule has 1 unspecified atom stereocenters. The summed E-state index contributed by atoms with van der Waals surface area (Å²) in [6.07, 6.45) is -0.766. The van der Waals surface area contributed by atoms with Crippen molar-refractivity contribution < 1.29 is 19.4 Å². The van der Waals surface area contributed by atoms with Gasteiger partial charge in [0.2, 0.25) is 6.10 Å². The molecule has 1 amide bonds. The molecule has 0 radical (unpaired) electrons. The lowest BCUT2D eigenvalue weighted by Crippen LogP contribution is -2.40. The zero-order chi connectivity index (χ0) is 17.3. The van der Waals surface area contributed by atoms with Gasteiger partial charge in [0.25, 0.3) is 5.91 Å². The van der Waals surface area contributed by atoms with Crippen LogP contribution in [0.3, 0.4) is 0 Å². The topological polar surface area (TPSA) is 67.8 Å². The van der Waals surface area contributed by atoms with Gasteiger partial charge < -0.3 is 19.9 Å². The number of fused-ring (bicyclic) bond motifs is 1. The monoisotopic (exact) mass is 327 g/mol. The normalized spacial score (nSPS) is 16.5. The number of anilines is 1. The largest absolute Gasteiger partial charge is 0.506 e. The van der Waals surface area contributed by atoms with E-state index in [9.17, 15) is 9.90 Å². The molecule has 2 N–H and O–H groups in total. The smallest absolute Gasteiger partial charge is 0.269 e. The van der Waals surface area contributed by atoms with Crippen molar-refractivity contribution in [2.45, 2.75) is 32.3 Å². The van der Waals surface area contributed by atoms with E-state index in [0.29, 0.717) is 17.2 Å². The van der Waals surface area contributed by atoms with E-state index in [0.717, 1.165) is 5.56 Å². The molecule has 5 heteroatoms. The molecule has 0 fully saturated rings. The molecule has 3 rings (SSSR count). The molecule has 0 bridgehead atoms. The number of benzene rings is 2. The molecule has 1 aliphatic rings. The van der Waals surface area contributed by atoms with Crippen molar-refractivity contribution in [1.82, 2.24) is 0 Å². The molecule has 1 heterocycles. The Kier molecular flexibility index (Phi) is 4.09. The minimum absolute atomic E-state index is 0.0217. The van der Waals surface area contributed by atoms with Gasteiger partial charge in [-0.3, -0.25) is 4.79 Å². The average Bonchev–Trinajstić information content (AvgIpc) is 2.55. The molecule has 0 saturated carbocycles. The Labute approximate surface area is 141 Å². The average molecular weight is 327 g/mol. The maximum atomic E-state index is 12.5. The number of hydrogen-bond acceptors (Lipinski definition) is 4. The zero-order valence-corrected chi connectivity index (χ0v) is 14.0. The predicted octanol–water partition coefficient (Wildman–Crippen LogP) is 3.47. The molecular formula is C19H21NO4. The van der Waals surface area contributed by atoms with Gasteiger partial charge in [0, 0.05) is 0 Å². The number of ether oxygens (including phenoxy) is 2. The van der Waals surface area contributed by atoms with Gasteiger partial charge >= 0.3 is 0 Å². The van der Waals surface area contributed by atoms with Gasteiger partial charge in [-0.2, -0.15) is 0 Å². The van der Waals surface area contributed by atoms with E-state index >= 15 is 0 Å². The molecular weight excluding hydrogens is 306 g/mol. The van der Waals surface area contributed by atoms with Crippen molar-refractivity contribution in [2.24, 2.45) is 0 Å². The lowest BCUT2D eigenvalue weighted by Gasteiger charge is -2.26. The minimum atomic E-state index is -0.766. The Morgan fingerprint density at radius 3 is 2.58 bits per heavy atom. The number of carbonyl (C=O) groups excluding carboxylic acids is 1. The SMILES string of the molecule is CC(C)(C)c1ccc(O)c(NC(=O)C2COc3ccccc3O2)c1. The Hall–Kier alpha value is -2.69. The van der Waals surface area contributed by atoms with Crippen molar-refractivity contribution in [3.05, 3.63) is 48.0 Å². The summed E-state index contributed by atoms with van der Waals surface area (Å²) in [5.74, 6) is 0.829. The van der Waals surface area contributed by atoms with Gasteiger partial charge in [-0.1, -0.05) is 39.0 Å². The lowest BCUT2D eigenvalue weighted by molar-refractivity contribution is -0.125. The van der Waals surface area contributed by atoms with E-state index in [-0.39, 0.29) is 23.7 Å². The second-order valence-corrected chi connectivity index (χ2v) is 6.84. The summed E-state index contributed by atoms with van der Waals surface area (Å²) in [5.41, 5.74) is 1.30. The van der Waals surface area contributed by atoms with Gasteiger partial charge in [-0.05, 0) is 35.2 Å². The first-order chi connectivity index (χ1) is 11.3. The highest BCUT2D eigenvalue weighted by molar-refractivity contribution is 5.96. The number of para-hydroxylation sites is 2. The standard InChI is InChI=1S/C19H21NO4/c1-19(2,3)12-8-9-14(21)13(10-12)20-18(22)17-11-23-15-6-4-5-7-16(15)24-17/h4-10,17,21H,11H2,1-3H3,(H,20,22). The van der Waals surface area contributed by atoms with Crippen LogP contribution in [0.15, 0.2) is 42.5 Å². The van der Waals surface area contributed by atoms with Crippen LogP contribution in [0, 0.1) is 0 Å². The van der Waals surface area contributed by atoms with Gasteiger partial charge in [-0.25, -0.2) is 0 Å². The summed E-state index contributed by atoms with van der Waals surface area (Å²) in [7, 11) is 0. The maximum absolute atomic E-state index is 12.5. The summed E-state index contributed by atoms with van der Waals surface area (Å²) >= 11 is 0. The first-order valence-corrected chi connectivity index (χ1v) is 7.87. The van der Waals surface area contributed by atoms with Crippen molar-refractivity contribution in [2.75, 3.05) is 11.9 Å². The van der Waals surface area contributed by atoms with Gasteiger partial charge in [0.05, 0.1) is 5.69 Å². The summed E-state index contributed by atoms with van der Waals surface area (Å²) in [6.45, 7) is 6.34. The number of phenolic OH excluding ortho intramolecular Hbond substituents is 1. The van der Waals surface area contributed by atoms with E-state index in [1.165, 1.54) is 0 Å². The van der Waals surface area contributed by atoms with E-state index in [1.54, 1.807) is 24.3 Å². The van der Waals surface area contributed by atoms with E-state index in [4.69, 9.17) is 9.47 Å². The number of aromatic hydroxyl groups is 1. The van der Waals surface area contributed by atoms with Crippen molar-refractivity contribution in [3.63, 3.8) is 0 Å². The van der Waals surface area contributed by atoms with E-state index in [2.05, 4.69) is 26.1 Å². The van der Waals surface area contributed by atoms with Crippen LogP contribution in [-0.4, -0.2) is 23.7 Å². The summed E-state index contributed by atoms with van der Waals surface area (Å²) in [5, 5.41) is 12.7. The third kappa shape index (κ3) is 3.30. The highest BCUT2D eigenvalue weighted by Crippen LogP contribution is 2.33. The summed E-state index contributed by atoms with van der Waals surface area (Å²) in [6, 6.07) is 12.4. The van der Waals surface area contributed by atoms with E-state index < -0.39 is 6.10 Å². The van der Waals surface area contributed by atoms with Crippen molar-refractivity contribution in [3.8, 4) is 17.2 Å². The van der Waals surface area contributed by atoms with Gasteiger partial charge in [0.1, 0.15) is 12.4 Å². The number of rotatable bonds is 2. The first kappa shape index (κ1) is 16.2. The van der Waals surface area contributed by atoms with Gasteiger partial charge in [0.15, 0.2) is 11.5 Å². The molecule has 2 aromatic rings. The van der Waals surface area contributed by atoms with Gasteiger partial charge in [-0.15, -0.1) is 0 Å². The molecule has 5 nitrogen and oxygen atoms in total. The molecule has 0 aliphatic carbocycles. The Bertz CT molecular complexity index is 764. The molecule has 0 spiro atoms. The second-order valence-electron chi connectivity index (χ2n) is 6.84.